The van der Waals surface area contributed by atoms with Crippen LogP contribution < -0.4 is 10.8 Å². The molecule has 0 saturated carbocycles. The monoisotopic (exact) mass is 470 g/mol. The van der Waals surface area contributed by atoms with E-state index in [1.54, 1.807) is 13.8 Å². The topological polar surface area (TPSA) is 123 Å². The number of fused-ring (bicyclic) bond motifs is 3. The van der Waals surface area contributed by atoms with Crippen LogP contribution in [0.15, 0.2) is 48.5 Å². The second-order valence-corrected chi connectivity index (χ2v) is 8.07. The van der Waals surface area contributed by atoms with Gasteiger partial charge in [0.25, 0.3) is 5.91 Å². The van der Waals surface area contributed by atoms with E-state index in [1.165, 1.54) is 7.11 Å². The maximum Gasteiger partial charge on any atom is 0.408 e. The highest BCUT2D eigenvalue weighted by molar-refractivity contribution is 5.89. The summed E-state index contributed by atoms with van der Waals surface area (Å²) in [6.45, 7) is 3.32. The van der Waals surface area contributed by atoms with Gasteiger partial charge in [0.15, 0.2) is 0 Å². The third-order valence-electron chi connectivity index (χ3n) is 6.21. The smallest absolute Gasteiger partial charge is 0.408 e. The van der Waals surface area contributed by atoms with Gasteiger partial charge in [0, 0.05) is 13.0 Å². The molecule has 1 atom stereocenters. The van der Waals surface area contributed by atoms with Gasteiger partial charge in [0.2, 0.25) is 6.10 Å². The average molecular weight is 471 g/mol. The van der Waals surface area contributed by atoms with Crippen molar-refractivity contribution in [3.05, 3.63) is 59.7 Å². The molecule has 2 aromatic carbocycles. The van der Waals surface area contributed by atoms with Crippen LogP contribution in [0, 0.1) is 0 Å². The van der Waals surface area contributed by atoms with Gasteiger partial charge in [-0.25, -0.2) is 15.1 Å². The Morgan fingerprint density at radius 3 is 2.06 bits per heavy atom. The van der Waals surface area contributed by atoms with Gasteiger partial charge < -0.3 is 19.9 Å². The Kier molecular flexibility index (Phi) is 8.25. The van der Waals surface area contributed by atoms with E-state index in [2.05, 4.69) is 10.8 Å². The lowest BCUT2D eigenvalue weighted by Crippen LogP contribution is -2.59. The van der Waals surface area contributed by atoms with Gasteiger partial charge in [-0.15, -0.1) is 0 Å². The van der Waals surface area contributed by atoms with Gasteiger partial charge in [-0.1, -0.05) is 62.4 Å². The molecule has 0 fully saturated rings. The third kappa shape index (κ3) is 5.21. The van der Waals surface area contributed by atoms with Gasteiger partial charge in [-0.05, 0) is 35.1 Å². The number of nitrogens with one attached hydrogen (secondary N) is 2. The summed E-state index contributed by atoms with van der Waals surface area (Å²) in [6, 6.07) is 16.0. The fraction of sp³-hybridized carbons (Fsp3) is 0.400. The van der Waals surface area contributed by atoms with Crippen LogP contribution >= 0.6 is 0 Å². The number of hydroxylamine groups is 1. The Hall–Kier alpha value is -3.43. The first-order valence-corrected chi connectivity index (χ1v) is 11.2. The molecule has 3 N–H and O–H groups in total. The molecule has 3 rings (SSSR count). The molecule has 9 heteroatoms. The van der Waals surface area contributed by atoms with Crippen LogP contribution in [0.3, 0.4) is 0 Å². The Labute approximate surface area is 198 Å². The lowest BCUT2D eigenvalue weighted by Gasteiger charge is -2.31. The zero-order chi connectivity index (χ0) is 24.7. The van der Waals surface area contributed by atoms with Crippen LogP contribution in [-0.2, 0) is 23.9 Å². The van der Waals surface area contributed by atoms with E-state index >= 15 is 0 Å². The number of hydrogen-bond donors (Lipinski definition) is 3. The summed E-state index contributed by atoms with van der Waals surface area (Å²) in [7, 11) is 1.32. The number of hydrogen-bond acceptors (Lipinski definition) is 6. The summed E-state index contributed by atoms with van der Waals surface area (Å²) < 4.78 is 10.4. The number of amides is 2. The van der Waals surface area contributed by atoms with Crippen molar-refractivity contribution in [3.8, 4) is 11.1 Å². The predicted octanol–water partition coefficient (Wildman–Crippen LogP) is 3.23. The summed E-state index contributed by atoms with van der Waals surface area (Å²) in [5, 5.41) is 11.8. The second kappa shape index (κ2) is 11.1. The molecule has 2 aromatic rings. The van der Waals surface area contributed by atoms with Crippen LogP contribution in [0.1, 0.15) is 43.7 Å². The SMILES string of the molecule is CCC(CC)(NC(=O)OCC1c2ccccc2-c2ccccc21)C(=O)NOC(COC)C(=O)O. The molecule has 0 heterocycles. The summed E-state index contributed by atoms with van der Waals surface area (Å²) in [6.07, 6.45) is -1.64. The highest BCUT2D eigenvalue weighted by Crippen LogP contribution is 2.44. The first-order chi connectivity index (χ1) is 16.4. The van der Waals surface area contributed by atoms with E-state index in [9.17, 15) is 14.4 Å². The minimum atomic E-state index is -1.38. The molecule has 0 radical (unpaired) electrons. The van der Waals surface area contributed by atoms with Crippen molar-refractivity contribution in [2.75, 3.05) is 20.3 Å². The molecule has 0 aromatic heterocycles. The molecule has 0 saturated heterocycles. The molecule has 9 nitrogen and oxygen atoms in total. The molecule has 1 aliphatic rings. The van der Waals surface area contributed by atoms with Crippen LogP contribution in [0.25, 0.3) is 11.1 Å². The number of methoxy groups -OCH3 is 1. The first-order valence-electron chi connectivity index (χ1n) is 11.2. The van der Waals surface area contributed by atoms with Crippen molar-refractivity contribution in [3.63, 3.8) is 0 Å². The van der Waals surface area contributed by atoms with Gasteiger partial charge in [0.05, 0.1) is 6.61 Å². The highest BCUT2D eigenvalue weighted by atomic mass is 16.7. The lowest BCUT2D eigenvalue weighted by atomic mass is 9.92. The van der Waals surface area contributed by atoms with Crippen LogP contribution in [0.4, 0.5) is 4.79 Å². The number of carbonyl (C=O) groups excluding carboxylic acids is 2. The minimum Gasteiger partial charge on any atom is -0.479 e. The Morgan fingerprint density at radius 2 is 1.56 bits per heavy atom. The van der Waals surface area contributed by atoms with Gasteiger partial charge >= 0.3 is 12.1 Å². The molecular weight excluding hydrogens is 440 g/mol. The Balaban J connectivity index is 1.66. The van der Waals surface area contributed by atoms with E-state index in [0.717, 1.165) is 22.3 Å². The molecular formula is C25H30N2O7. The number of rotatable bonds is 11. The fourth-order valence-electron chi connectivity index (χ4n) is 4.16. The van der Waals surface area contributed by atoms with E-state index in [4.69, 9.17) is 19.4 Å². The van der Waals surface area contributed by atoms with Crippen LogP contribution in [-0.4, -0.2) is 55.0 Å². The quantitative estimate of drug-likeness (QED) is 0.431. The molecule has 1 aliphatic carbocycles. The summed E-state index contributed by atoms with van der Waals surface area (Å²) >= 11 is 0. The van der Waals surface area contributed by atoms with E-state index in [0.29, 0.717) is 0 Å². The van der Waals surface area contributed by atoms with Crippen molar-refractivity contribution in [1.29, 1.82) is 0 Å². The number of ether oxygens (including phenoxy) is 2. The molecule has 0 spiro atoms. The molecule has 182 valence electrons. The van der Waals surface area contributed by atoms with Crippen molar-refractivity contribution in [2.45, 2.75) is 44.2 Å². The van der Waals surface area contributed by atoms with Crippen molar-refractivity contribution < 1.29 is 33.8 Å². The van der Waals surface area contributed by atoms with Crippen molar-refractivity contribution in [2.24, 2.45) is 0 Å². The standard InChI is InChI=1S/C25H30N2O7/c1-4-25(5-2,23(30)27-34-21(15-32-3)22(28)29)26-24(31)33-14-20-18-12-8-6-10-16(18)17-11-7-9-13-19(17)20/h6-13,20-21H,4-5,14-15H2,1-3H3,(H,26,31)(H,27,30)(H,28,29). The summed E-state index contributed by atoms with van der Waals surface area (Å²) in [5.74, 6) is -2.07. The Bertz CT molecular complexity index is 990. The predicted molar refractivity (Wildman–Crippen MR) is 124 cm³/mol. The normalized spacial score (nSPS) is 13.5. The van der Waals surface area contributed by atoms with Gasteiger partial charge in [-0.3, -0.25) is 9.63 Å². The van der Waals surface area contributed by atoms with E-state index < -0.39 is 29.6 Å². The fourth-order valence-corrected chi connectivity index (χ4v) is 4.16. The molecule has 34 heavy (non-hydrogen) atoms. The third-order valence-corrected chi connectivity index (χ3v) is 6.21. The first kappa shape index (κ1) is 25.2. The molecule has 0 bridgehead atoms. The van der Waals surface area contributed by atoms with Gasteiger partial charge in [0.1, 0.15) is 12.1 Å². The minimum absolute atomic E-state index is 0.108. The zero-order valence-corrected chi connectivity index (χ0v) is 19.5. The molecule has 0 aliphatic heterocycles. The van der Waals surface area contributed by atoms with Crippen LogP contribution in [0.2, 0.25) is 0 Å². The number of aliphatic carboxylic acids is 1. The Morgan fingerprint density at radius 1 is 1.00 bits per heavy atom. The van der Waals surface area contributed by atoms with Crippen LogP contribution in [0.5, 0.6) is 0 Å². The van der Waals surface area contributed by atoms with Crippen molar-refractivity contribution >= 4 is 18.0 Å². The van der Waals surface area contributed by atoms with Crippen molar-refractivity contribution in [1.82, 2.24) is 10.8 Å². The highest BCUT2D eigenvalue weighted by Gasteiger charge is 2.39. The number of carboxylic acids is 1. The average Bonchev–Trinajstić information content (AvgIpc) is 3.17. The molecule has 2 amide bonds. The maximum absolute atomic E-state index is 12.8. The number of alkyl carbamates (subject to hydrolysis) is 1. The number of carboxylic acid groups (broad SMARTS) is 1. The van der Waals surface area contributed by atoms with E-state index in [1.807, 2.05) is 48.5 Å². The number of benzene rings is 2. The van der Waals surface area contributed by atoms with Gasteiger partial charge in [-0.2, -0.15) is 0 Å². The lowest BCUT2D eigenvalue weighted by molar-refractivity contribution is -0.167. The second-order valence-electron chi connectivity index (χ2n) is 8.07. The maximum atomic E-state index is 12.8. The summed E-state index contributed by atoms with van der Waals surface area (Å²) in [4.78, 5) is 41.8. The largest absolute Gasteiger partial charge is 0.479 e. The zero-order valence-electron chi connectivity index (χ0n) is 19.5. The van der Waals surface area contributed by atoms with E-state index in [-0.39, 0.29) is 32.0 Å². The summed E-state index contributed by atoms with van der Waals surface area (Å²) in [5.41, 5.74) is 5.21. The number of carbonyl (C=O) groups is 3. The molecule has 1 unspecified atom stereocenters.